The minimum atomic E-state index is -0.110. The smallest absolute Gasteiger partial charge is 0.315 e. The Morgan fingerprint density at radius 3 is 2.22 bits per heavy atom. The molecule has 0 heterocycles. The average molecular weight is 370 g/mol. The number of hydrogen-bond acceptors (Lipinski definition) is 2. The lowest BCUT2D eigenvalue weighted by atomic mass is 9.53. The number of carbonyl (C=O) groups excluding carboxylic acids is 2. The fourth-order valence-electron chi connectivity index (χ4n) is 5.98. The Hall–Kier alpha value is -2.04. The minimum Gasteiger partial charge on any atom is -0.350 e. The van der Waals surface area contributed by atoms with Gasteiger partial charge >= 0.3 is 6.03 Å². The highest BCUT2D eigenvalue weighted by atomic mass is 16.2. The second-order valence-corrected chi connectivity index (χ2v) is 9.03. The molecule has 4 aliphatic carbocycles. The molecule has 5 rings (SSSR count). The standard InChI is InChI=1S/C22H31N3O2/c1-15(19-5-3-2-4-6-19)24-20(26)7-8-23-21(27)25-22-12-16-9-17(13-22)11-18(10-16)14-22/h2-6,15-18H,7-14H2,1H3,(H,24,26)(H2,23,25,27). The van der Waals surface area contributed by atoms with E-state index in [1.165, 1.54) is 19.3 Å². The number of nitrogens with one attached hydrogen (secondary N) is 3. The molecule has 0 spiro atoms. The van der Waals surface area contributed by atoms with Gasteiger partial charge in [0.1, 0.15) is 0 Å². The molecule has 27 heavy (non-hydrogen) atoms. The maximum atomic E-state index is 12.4. The molecule has 1 aromatic carbocycles. The summed E-state index contributed by atoms with van der Waals surface area (Å²) in [5.74, 6) is 2.38. The minimum absolute atomic E-state index is 0.0168. The fraction of sp³-hybridized carbons (Fsp3) is 0.636. The molecule has 5 heteroatoms. The third-order valence-corrected chi connectivity index (χ3v) is 6.73. The first kappa shape index (κ1) is 18.3. The van der Waals surface area contributed by atoms with Crippen LogP contribution >= 0.6 is 0 Å². The van der Waals surface area contributed by atoms with Crippen LogP contribution in [0.3, 0.4) is 0 Å². The molecule has 1 atom stereocenters. The van der Waals surface area contributed by atoms with Crippen LogP contribution in [-0.2, 0) is 4.79 Å². The molecule has 4 fully saturated rings. The zero-order valence-electron chi connectivity index (χ0n) is 16.2. The van der Waals surface area contributed by atoms with E-state index in [1.54, 1.807) is 0 Å². The lowest BCUT2D eigenvalue weighted by Crippen LogP contribution is -2.61. The van der Waals surface area contributed by atoms with Crippen molar-refractivity contribution in [3.05, 3.63) is 35.9 Å². The van der Waals surface area contributed by atoms with Crippen LogP contribution in [0.15, 0.2) is 30.3 Å². The first-order valence-electron chi connectivity index (χ1n) is 10.4. The number of urea groups is 1. The van der Waals surface area contributed by atoms with Crippen LogP contribution in [0.25, 0.3) is 0 Å². The van der Waals surface area contributed by atoms with E-state index in [9.17, 15) is 9.59 Å². The molecule has 0 aromatic heterocycles. The van der Waals surface area contributed by atoms with Crippen LogP contribution < -0.4 is 16.0 Å². The Balaban J connectivity index is 1.19. The molecule has 4 saturated carbocycles. The van der Waals surface area contributed by atoms with E-state index in [-0.39, 0.29) is 23.5 Å². The van der Waals surface area contributed by atoms with Gasteiger partial charge < -0.3 is 16.0 Å². The first-order chi connectivity index (χ1) is 13.0. The molecular formula is C22H31N3O2. The second-order valence-electron chi connectivity index (χ2n) is 9.03. The van der Waals surface area contributed by atoms with Crippen LogP contribution in [0.5, 0.6) is 0 Å². The number of benzene rings is 1. The summed E-state index contributed by atoms with van der Waals surface area (Å²) in [5, 5.41) is 9.16. The Labute approximate surface area is 161 Å². The van der Waals surface area contributed by atoms with Crippen molar-refractivity contribution in [2.24, 2.45) is 17.8 Å². The number of rotatable bonds is 6. The van der Waals surface area contributed by atoms with Crippen molar-refractivity contribution in [3.8, 4) is 0 Å². The van der Waals surface area contributed by atoms with Gasteiger partial charge in [-0.1, -0.05) is 30.3 Å². The summed E-state index contributed by atoms with van der Waals surface area (Å²) < 4.78 is 0. The van der Waals surface area contributed by atoms with Crippen LogP contribution in [0.1, 0.15) is 63.5 Å². The van der Waals surface area contributed by atoms with Gasteiger partial charge in [0, 0.05) is 18.5 Å². The normalized spacial score (nSPS) is 32.0. The molecule has 146 valence electrons. The number of amides is 3. The fourth-order valence-corrected chi connectivity index (χ4v) is 5.98. The molecule has 5 nitrogen and oxygen atoms in total. The van der Waals surface area contributed by atoms with Crippen molar-refractivity contribution < 1.29 is 9.59 Å². The summed E-state index contributed by atoms with van der Waals surface area (Å²) in [5.41, 5.74) is 1.10. The number of hydrogen-bond donors (Lipinski definition) is 3. The highest BCUT2D eigenvalue weighted by Gasteiger charge is 2.51. The van der Waals surface area contributed by atoms with E-state index in [0.29, 0.717) is 13.0 Å². The molecule has 4 bridgehead atoms. The monoisotopic (exact) mass is 369 g/mol. The SMILES string of the molecule is CC(NC(=O)CCNC(=O)NC12CC3CC(CC(C3)C1)C2)c1ccccc1. The third-order valence-electron chi connectivity index (χ3n) is 6.73. The summed E-state index contributed by atoms with van der Waals surface area (Å²) in [4.78, 5) is 24.5. The molecule has 3 amide bonds. The van der Waals surface area contributed by atoms with Crippen molar-refractivity contribution in [3.63, 3.8) is 0 Å². The van der Waals surface area contributed by atoms with Gasteiger partial charge in [-0.25, -0.2) is 4.79 Å². The Morgan fingerprint density at radius 2 is 1.63 bits per heavy atom. The van der Waals surface area contributed by atoms with Gasteiger partial charge in [-0.2, -0.15) is 0 Å². The molecular weight excluding hydrogens is 338 g/mol. The van der Waals surface area contributed by atoms with Crippen molar-refractivity contribution in [2.75, 3.05) is 6.54 Å². The van der Waals surface area contributed by atoms with Crippen molar-refractivity contribution >= 4 is 11.9 Å². The van der Waals surface area contributed by atoms with Crippen LogP contribution in [0, 0.1) is 17.8 Å². The van der Waals surface area contributed by atoms with Gasteiger partial charge in [0.05, 0.1) is 6.04 Å². The van der Waals surface area contributed by atoms with Gasteiger partial charge in [-0.05, 0) is 68.8 Å². The number of carbonyl (C=O) groups is 2. The van der Waals surface area contributed by atoms with Crippen LogP contribution in [0.2, 0.25) is 0 Å². The van der Waals surface area contributed by atoms with E-state index in [1.807, 2.05) is 37.3 Å². The quantitative estimate of drug-likeness (QED) is 0.718. The van der Waals surface area contributed by atoms with Gasteiger partial charge in [0.2, 0.25) is 5.91 Å². The van der Waals surface area contributed by atoms with Gasteiger partial charge in [-0.3, -0.25) is 4.79 Å². The summed E-state index contributed by atoms with van der Waals surface area (Å²) in [6.07, 6.45) is 7.81. The van der Waals surface area contributed by atoms with Crippen LogP contribution in [-0.4, -0.2) is 24.0 Å². The molecule has 0 aliphatic heterocycles. The predicted octanol–water partition coefficient (Wildman–Crippen LogP) is 3.52. The molecule has 0 radical (unpaired) electrons. The summed E-state index contributed by atoms with van der Waals surface area (Å²) in [7, 11) is 0. The van der Waals surface area contributed by atoms with Crippen LogP contribution in [0.4, 0.5) is 4.79 Å². The maximum Gasteiger partial charge on any atom is 0.315 e. The molecule has 3 N–H and O–H groups in total. The lowest BCUT2D eigenvalue weighted by molar-refractivity contribution is -0.121. The van der Waals surface area contributed by atoms with E-state index < -0.39 is 0 Å². The van der Waals surface area contributed by atoms with Crippen molar-refractivity contribution in [1.82, 2.24) is 16.0 Å². The Kier molecular flexibility index (Phi) is 5.11. The summed E-state index contributed by atoms with van der Waals surface area (Å²) in [6.45, 7) is 2.34. The maximum absolute atomic E-state index is 12.4. The highest BCUT2D eigenvalue weighted by molar-refractivity contribution is 5.78. The van der Waals surface area contributed by atoms with Crippen molar-refractivity contribution in [2.45, 2.75) is 63.5 Å². The zero-order valence-corrected chi connectivity index (χ0v) is 16.2. The summed E-state index contributed by atoms with van der Waals surface area (Å²) in [6, 6.07) is 9.76. The second kappa shape index (κ2) is 7.53. The Bertz CT molecular complexity index is 653. The van der Waals surface area contributed by atoms with Crippen molar-refractivity contribution in [1.29, 1.82) is 0 Å². The van der Waals surface area contributed by atoms with E-state index >= 15 is 0 Å². The van der Waals surface area contributed by atoms with E-state index in [4.69, 9.17) is 0 Å². The predicted molar refractivity (Wildman–Crippen MR) is 105 cm³/mol. The third kappa shape index (κ3) is 4.28. The molecule has 1 aromatic rings. The lowest BCUT2D eigenvalue weighted by Gasteiger charge is -2.56. The van der Waals surface area contributed by atoms with E-state index in [2.05, 4.69) is 16.0 Å². The largest absolute Gasteiger partial charge is 0.350 e. The zero-order chi connectivity index (χ0) is 18.9. The molecule has 1 unspecified atom stereocenters. The highest BCUT2D eigenvalue weighted by Crippen LogP contribution is 2.55. The first-order valence-corrected chi connectivity index (χ1v) is 10.4. The summed E-state index contributed by atoms with van der Waals surface area (Å²) >= 11 is 0. The average Bonchev–Trinajstić information content (AvgIpc) is 2.60. The van der Waals surface area contributed by atoms with Gasteiger partial charge in [-0.15, -0.1) is 0 Å². The van der Waals surface area contributed by atoms with E-state index in [0.717, 1.165) is 42.6 Å². The Morgan fingerprint density at radius 1 is 1.04 bits per heavy atom. The topological polar surface area (TPSA) is 70.2 Å². The molecule has 4 aliphatic rings. The molecule has 0 saturated heterocycles. The van der Waals surface area contributed by atoms with Gasteiger partial charge in [0.25, 0.3) is 0 Å². The van der Waals surface area contributed by atoms with Gasteiger partial charge in [0.15, 0.2) is 0 Å².